The Bertz CT molecular complexity index is 1630. The highest BCUT2D eigenvalue weighted by Crippen LogP contribution is 2.38. The van der Waals surface area contributed by atoms with Crippen molar-refractivity contribution >= 4 is 51.8 Å². The summed E-state index contributed by atoms with van der Waals surface area (Å²) in [5.74, 6) is -1.40. The van der Waals surface area contributed by atoms with E-state index >= 15 is 0 Å². The van der Waals surface area contributed by atoms with Gasteiger partial charge in [-0.25, -0.2) is 4.58 Å². The minimum atomic E-state index is -1.33. The number of rotatable bonds is 4. The number of carbonyl (C=O) groups excluding carboxylic acids is 1. The van der Waals surface area contributed by atoms with Crippen LogP contribution in [0, 0.1) is 0 Å². The Hall–Kier alpha value is -3.55. The van der Waals surface area contributed by atoms with Gasteiger partial charge in [-0.2, -0.15) is 0 Å². The molecule has 0 spiro atoms. The predicted octanol–water partition coefficient (Wildman–Crippen LogP) is 5.06. The van der Waals surface area contributed by atoms with Gasteiger partial charge in [0.1, 0.15) is 24.4 Å². The van der Waals surface area contributed by atoms with Crippen LogP contribution in [0.3, 0.4) is 0 Å². The smallest absolute Gasteiger partial charge is 0.300 e. The van der Waals surface area contributed by atoms with E-state index in [1.165, 1.54) is 31.7 Å². The Labute approximate surface area is 242 Å². The third-order valence-electron chi connectivity index (χ3n) is 7.51. The molecule has 40 heavy (non-hydrogen) atoms. The second kappa shape index (κ2) is 11.9. The van der Waals surface area contributed by atoms with Gasteiger partial charge in [0.05, 0.1) is 17.1 Å². The van der Waals surface area contributed by atoms with E-state index in [1.54, 1.807) is 6.07 Å². The van der Waals surface area contributed by atoms with E-state index in [-0.39, 0.29) is 17.0 Å². The van der Waals surface area contributed by atoms with E-state index in [1.807, 2.05) is 0 Å². The maximum atomic E-state index is 12.0. The lowest BCUT2D eigenvalue weighted by Gasteiger charge is -2.21. The molecule has 6 rings (SSSR count). The number of benzene rings is 3. The largest absolute Gasteiger partial charge is 0.545 e. The second-order valence-corrected chi connectivity index (χ2v) is 11.0. The number of fused-ring (bicyclic) bond motifs is 2. The van der Waals surface area contributed by atoms with Crippen molar-refractivity contribution < 1.29 is 24.2 Å². The molecule has 2 fully saturated rings. The topological polar surface area (TPSA) is 96.8 Å². The van der Waals surface area contributed by atoms with Gasteiger partial charge in [0.15, 0.2) is 0 Å². The van der Waals surface area contributed by atoms with Crippen LogP contribution in [0.15, 0.2) is 52.9 Å². The average molecular weight is 581 g/mol. The first-order valence-electron chi connectivity index (χ1n) is 13.4. The molecule has 9 heteroatoms. The van der Waals surface area contributed by atoms with Crippen LogP contribution >= 0.6 is 23.2 Å². The van der Waals surface area contributed by atoms with Gasteiger partial charge in [-0.3, -0.25) is 4.79 Å². The zero-order valence-electron chi connectivity index (χ0n) is 22.2. The van der Waals surface area contributed by atoms with E-state index in [0.717, 1.165) is 72.0 Å². The summed E-state index contributed by atoms with van der Waals surface area (Å²) in [5, 5.41) is 22.0. The van der Waals surface area contributed by atoms with Crippen LogP contribution in [-0.4, -0.2) is 43.2 Å². The third-order valence-corrected chi connectivity index (χ3v) is 8.17. The number of anilines is 1. The van der Waals surface area contributed by atoms with Crippen LogP contribution in [0.1, 0.15) is 54.1 Å². The fraction of sp³-hybridized carbons (Fsp3) is 0.323. The summed E-state index contributed by atoms with van der Waals surface area (Å²) in [6.45, 7) is 5.24. The fourth-order valence-corrected chi connectivity index (χ4v) is 6.13. The number of hydrogen-bond donors (Lipinski definition) is 1. The first kappa shape index (κ1) is 28.0. The molecule has 7 nitrogen and oxygen atoms in total. The molecule has 0 aromatic heterocycles. The number of carbonyl (C=O) groups is 2. The number of carboxylic acid groups (broad SMARTS) is 2. The number of hydrogen-bond acceptors (Lipinski definition) is 5. The Morgan fingerprint density at radius 1 is 0.950 bits per heavy atom. The van der Waals surface area contributed by atoms with Crippen molar-refractivity contribution in [1.29, 1.82) is 0 Å². The van der Waals surface area contributed by atoms with Crippen LogP contribution in [0.5, 0.6) is 0 Å². The Balaban J connectivity index is 0.000000758. The van der Waals surface area contributed by atoms with E-state index in [4.69, 9.17) is 37.5 Å². The lowest BCUT2D eigenvalue weighted by atomic mass is 9.92. The molecule has 0 unspecified atom stereocenters. The SMILES string of the molecule is CC(=O)O.O=C([O-])c1c(Cl)ccc(Cl)c1Cc1c2ccc(=[N+]3CCCC3)cc-2oc2cc(N3CCCC3)ccc12. The van der Waals surface area contributed by atoms with Crippen LogP contribution in [0.2, 0.25) is 10.0 Å². The maximum absolute atomic E-state index is 12.0. The van der Waals surface area contributed by atoms with Crippen molar-refractivity contribution in [3.8, 4) is 11.3 Å². The Morgan fingerprint density at radius 3 is 2.30 bits per heavy atom. The van der Waals surface area contributed by atoms with E-state index in [2.05, 4.69) is 45.9 Å². The number of carboxylic acids is 2. The molecule has 1 N–H and O–H groups in total. The molecule has 0 amide bonds. The van der Waals surface area contributed by atoms with Gasteiger partial charge in [0.2, 0.25) is 5.36 Å². The summed E-state index contributed by atoms with van der Waals surface area (Å²) in [4.78, 5) is 23.4. The maximum Gasteiger partial charge on any atom is 0.300 e. The van der Waals surface area contributed by atoms with Gasteiger partial charge < -0.3 is 24.3 Å². The van der Waals surface area contributed by atoms with Gasteiger partial charge in [0, 0.05) is 78.6 Å². The van der Waals surface area contributed by atoms with Gasteiger partial charge in [0.25, 0.3) is 5.97 Å². The standard InChI is InChI=1S/C29H26Cl2N2O3.C2H4O2/c30-24-9-10-25(31)28(29(34)35)23(24)17-22-20-7-5-18(32-11-1-2-12-32)15-26(20)36-27-16-19(6-8-21(22)27)33-13-3-4-14-33;1-2(3)4/h5-10,15-16H,1-4,11-14,17H2;1H3,(H,3,4). The predicted molar refractivity (Wildman–Crippen MR) is 155 cm³/mol. The quantitative estimate of drug-likeness (QED) is 0.268. The van der Waals surface area contributed by atoms with E-state index in [0.29, 0.717) is 10.6 Å². The second-order valence-electron chi connectivity index (χ2n) is 10.2. The molecule has 2 saturated heterocycles. The molecule has 0 bridgehead atoms. The monoisotopic (exact) mass is 580 g/mol. The molecule has 3 heterocycles. The molecule has 2 aromatic carbocycles. The van der Waals surface area contributed by atoms with Crippen LogP contribution in [0.4, 0.5) is 5.69 Å². The lowest BCUT2D eigenvalue weighted by Crippen LogP contribution is -2.26. The molecule has 2 aromatic rings. The first-order valence-corrected chi connectivity index (χ1v) is 14.2. The molecule has 4 aliphatic rings. The normalized spacial score (nSPS) is 15.0. The van der Waals surface area contributed by atoms with Crippen molar-refractivity contribution in [3.63, 3.8) is 0 Å². The molecule has 208 valence electrons. The molecule has 0 radical (unpaired) electrons. The highest BCUT2D eigenvalue weighted by Gasteiger charge is 2.23. The molecule has 0 atom stereocenters. The Kier molecular flexibility index (Phi) is 8.33. The number of aliphatic carboxylic acids is 1. The highest BCUT2D eigenvalue weighted by molar-refractivity contribution is 6.36. The van der Waals surface area contributed by atoms with Crippen LogP contribution < -0.4 is 19.9 Å². The average Bonchev–Trinajstić information content (AvgIpc) is 3.64. The zero-order chi connectivity index (χ0) is 28.4. The fourth-order valence-electron chi connectivity index (χ4n) is 5.65. The summed E-state index contributed by atoms with van der Waals surface area (Å²) in [6.07, 6.45) is 5.05. The third kappa shape index (κ3) is 5.81. The van der Waals surface area contributed by atoms with Crippen LogP contribution in [-0.2, 0) is 11.2 Å². The molecule has 1 aliphatic carbocycles. The van der Waals surface area contributed by atoms with Gasteiger partial charge >= 0.3 is 0 Å². The van der Waals surface area contributed by atoms with Crippen molar-refractivity contribution in [2.45, 2.75) is 39.0 Å². The van der Waals surface area contributed by atoms with E-state index < -0.39 is 11.9 Å². The van der Waals surface area contributed by atoms with Crippen molar-refractivity contribution in [2.75, 3.05) is 31.1 Å². The lowest BCUT2D eigenvalue weighted by molar-refractivity contribution is -0.255. The van der Waals surface area contributed by atoms with Crippen molar-refractivity contribution in [2.24, 2.45) is 0 Å². The summed E-state index contributed by atoms with van der Waals surface area (Å²) in [7, 11) is 0. The van der Waals surface area contributed by atoms with Crippen LogP contribution in [0.25, 0.3) is 22.3 Å². The number of aromatic carboxylic acids is 1. The minimum absolute atomic E-state index is 0.0615. The van der Waals surface area contributed by atoms with Gasteiger partial charge in [-0.1, -0.05) is 23.2 Å². The molecule has 0 saturated carbocycles. The van der Waals surface area contributed by atoms with Crippen molar-refractivity contribution in [1.82, 2.24) is 4.58 Å². The molecular weight excluding hydrogens is 551 g/mol. The zero-order valence-corrected chi connectivity index (χ0v) is 23.7. The van der Waals surface area contributed by atoms with Crippen molar-refractivity contribution in [3.05, 3.63) is 80.6 Å². The van der Waals surface area contributed by atoms with Gasteiger partial charge in [-0.15, -0.1) is 0 Å². The minimum Gasteiger partial charge on any atom is -0.545 e. The summed E-state index contributed by atoms with van der Waals surface area (Å²) >= 11 is 12.8. The van der Waals surface area contributed by atoms with E-state index in [9.17, 15) is 9.90 Å². The summed E-state index contributed by atoms with van der Waals surface area (Å²) in [6, 6.07) is 15.7. The molecule has 3 aliphatic heterocycles. The first-order chi connectivity index (χ1) is 19.2. The number of nitrogens with zero attached hydrogens (tertiary/aromatic N) is 2. The molecular formula is C31H30Cl2N2O5. The highest BCUT2D eigenvalue weighted by atomic mass is 35.5. The van der Waals surface area contributed by atoms with Gasteiger partial charge in [-0.05, 0) is 54.3 Å². The summed E-state index contributed by atoms with van der Waals surface area (Å²) in [5.41, 5.74) is 4.19. The number of halogens is 2. The Morgan fingerprint density at radius 2 is 1.62 bits per heavy atom. The summed E-state index contributed by atoms with van der Waals surface area (Å²) < 4.78 is 8.89.